The molecule has 3 aromatic rings. The molecule has 0 fully saturated rings. The molecule has 0 radical (unpaired) electrons. The maximum absolute atomic E-state index is 12.6. The van der Waals surface area contributed by atoms with E-state index in [-0.39, 0.29) is 18.2 Å². The molecule has 2 N–H and O–H groups in total. The summed E-state index contributed by atoms with van der Waals surface area (Å²) < 4.78 is 0. The van der Waals surface area contributed by atoms with Crippen LogP contribution < -0.4 is 10.6 Å². The lowest BCUT2D eigenvalue weighted by Gasteiger charge is -2.19. The molecule has 0 bridgehead atoms. The fourth-order valence-electron chi connectivity index (χ4n) is 2.96. The first-order valence-electron chi connectivity index (χ1n) is 9.32. The Bertz CT molecular complexity index is 994. The van der Waals surface area contributed by atoms with Crippen LogP contribution in [0.5, 0.6) is 0 Å². The molecular weight excluding hydrogens is 362 g/mol. The number of nitrogens with zero attached hydrogens (tertiary/aromatic N) is 1. The standard InChI is InChI=1S/C24H21N3O2/c25-16-15-18-11-13-21(14-12-18)26-23(28)17-22(19-7-3-1-4-8-19)27-24(29)20-9-5-2-6-10-20/h1-14,22H,15,17H2,(H,26,28)(H,27,29)/t22-/m0/s1. The molecular formula is C24H21N3O2. The number of benzene rings is 3. The number of hydrogen-bond acceptors (Lipinski definition) is 3. The zero-order valence-corrected chi connectivity index (χ0v) is 15.8. The van der Waals surface area contributed by atoms with E-state index in [1.54, 1.807) is 36.4 Å². The number of amides is 2. The van der Waals surface area contributed by atoms with Gasteiger partial charge < -0.3 is 10.6 Å². The Labute approximate surface area is 170 Å². The molecule has 0 saturated carbocycles. The highest BCUT2D eigenvalue weighted by atomic mass is 16.2. The Morgan fingerprint density at radius 3 is 2.10 bits per heavy atom. The largest absolute Gasteiger partial charge is 0.345 e. The van der Waals surface area contributed by atoms with Gasteiger partial charge in [-0.25, -0.2) is 0 Å². The van der Waals surface area contributed by atoms with Gasteiger partial charge in [0, 0.05) is 11.3 Å². The second-order valence-corrected chi connectivity index (χ2v) is 6.59. The van der Waals surface area contributed by atoms with E-state index in [9.17, 15) is 9.59 Å². The van der Waals surface area contributed by atoms with Crippen molar-refractivity contribution in [3.05, 3.63) is 102 Å². The second-order valence-electron chi connectivity index (χ2n) is 6.59. The van der Waals surface area contributed by atoms with Crippen molar-refractivity contribution in [1.29, 1.82) is 5.26 Å². The summed E-state index contributed by atoms with van der Waals surface area (Å²) in [6.45, 7) is 0. The van der Waals surface area contributed by atoms with Gasteiger partial charge in [0.15, 0.2) is 0 Å². The molecule has 0 spiro atoms. The second kappa shape index (κ2) is 9.86. The van der Waals surface area contributed by atoms with Crippen LogP contribution in [0.2, 0.25) is 0 Å². The van der Waals surface area contributed by atoms with Crippen LogP contribution in [-0.2, 0) is 11.2 Å². The van der Waals surface area contributed by atoms with Gasteiger partial charge in [-0.2, -0.15) is 5.26 Å². The molecule has 0 aromatic heterocycles. The summed E-state index contributed by atoms with van der Waals surface area (Å²) in [5.41, 5.74) is 2.94. The molecule has 2 amide bonds. The summed E-state index contributed by atoms with van der Waals surface area (Å²) in [4.78, 5) is 25.2. The van der Waals surface area contributed by atoms with Gasteiger partial charge in [0.1, 0.15) is 0 Å². The molecule has 0 aliphatic heterocycles. The average molecular weight is 383 g/mol. The van der Waals surface area contributed by atoms with Gasteiger partial charge in [-0.1, -0.05) is 60.7 Å². The first-order valence-corrected chi connectivity index (χ1v) is 9.32. The Kier molecular flexibility index (Phi) is 6.75. The molecule has 0 aliphatic carbocycles. The Morgan fingerprint density at radius 1 is 0.862 bits per heavy atom. The van der Waals surface area contributed by atoms with Crippen molar-refractivity contribution in [2.75, 3.05) is 5.32 Å². The van der Waals surface area contributed by atoms with Crippen LogP contribution >= 0.6 is 0 Å². The van der Waals surface area contributed by atoms with Crippen LogP contribution in [0.1, 0.15) is 33.9 Å². The van der Waals surface area contributed by atoms with Crippen LogP contribution in [0.25, 0.3) is 0 Å². The van der Waals surface area contributed by atoms with Crippen molar-refractivity contribution in [2.45, 2.75) is 18.9 Å². The lowest BCUT2D eigenvalue weighted by molar-refractivity contribution is -0.116. The van der Waals surface area contributed by atoms with E-state index in [0.717, 1.165) is 11.1 Å². The topological polar surface area (TPSA) is 82.0 Å². The summed E-state index contributed by atoms with van der Waals surface area (Å²) in [5, 5.41) is 14.5. The number of anilines is 1. The molecule has 0 heterocycles. The third-order valence-electron chi connectivity index (χ3n) is 4.45. The van der Waals surface area contributed by atoms with Crippen molar-refractivity contribution >= 4 is 17.5 Å². The smallest absolute Gasteiger partial charge is 0.251 e. The first kappa shape index (κ1) is 19.8. The van der Waals surface area contributed by atoms with Gasteiger partial charge in [0.25, 0.3) is 5.91 Å². The molecule has 144 valence electrons. The van der Waals surface area contributed by atoms with Crippen LogP contribution in [0.3, 0.4) is 0 Å². The van der Waals surface area contributed by atoms with Crippen LogP contribution in [0, 0.1) is 11.3 Å². The summed E-state index contributed by atoms with van der Waals surface area (Å²) in [6, 6.07) is 27.1. The van der Waals surface area contributed by atoms with Gasteiger partial charge in [-0.3, -0.25) is 9.59 Å². The molecule has 3 aromatic carbocycles. The van der Waals surface area contributed by atoms with Crippen molar-refractivity contribution in [1.82, 2.24) is 5.32 Å². The number of nitriles is 1. The Hall–Kier alpha value is -3.91. The highest BCUT2D eigenvalue weighted by Crippen LogP contribution is 2.19. The highest BCUT2D eigenvalue weighted by Gasteiger charge is 2.19. The number of hydrogen-bond donors (Lipinski definition) is 2. The lowest BCUT2D eigenvalue weighted by Crippen LogP contribution is -2.31. The van der Waals surface area contributed by atoms with Crippen molar-refractivity contribution < 1.29 is 9.59 Å². The Balaban J connectivity index is 1.70. The lowest BCUT2D eigenvalue weighted by atomic mass is 10.0. The minimum Gasteiger partial charge on any atom is -0.345 e. The normalized spacial score (nSPS) is 11.1. The number of rotatable bonds is 7. The van der Waals surface area contributed by atoms with Gasteiger partial charge in [-0.05, 0) is 35.4 Å². The van der Waals surface area contributed by atoms with E-state index in [1.807, 2.05) is 48.5 Å². The molecule has 29 heavy (non-hydrogen) atoms. The molecule has 0 unspecified atom stereocenters. The molecule has 3 rings (SSSR count). The predicted octanol–water partition coefficient (Wildman–Crippen LogP) is 4.25. The monoisotopic (exact) mass is 383 g/mol. The van der Waals surface area contributed by atoms with Gasteiger partial charge in [-0.15, -0.1) is 0 Å². The zero-order valence-electron chi connectivity index (χ0n) is 15.8. The van der Waals surface area contributed by atoms with E-state index >= 15 is 0 Å². The van der Waals surface area contributed by atoms with Crippen molar-refractivity contribution in [3.8, 4) is 6.07 Å². The first-order chi connectivity index (χ1) is 14.2. The van der Waals surface area contributed by atoms with Crippen LogP contribution in [0.4, 0.5) is 5.69 Å². The van der Waals surface area contributed by atoms with E-state index in [4.69, 9.17) is 5.26 Å². The maximum atomic E-state index is 12.6. The molecule has 1 atom stereocenters. The maximum Gasteiger partial charge on any atom is 0.251 e. The predicted molar refractivity (Wildman–Crippen MR) is 112 cm³/mol. The van der Waals surface area contributed by atoms with Crippen LogP contribution in [-0.4, -0.2) is 11.8 Å². The third kappa shape index (κ3) is 5.78. The number of carbonyl (C=O) groups is 2. The highest BCUT2D eigenvalue weighted by molar-refractivity contribution is 5.95. The van der Waals surface area contributed by atoms with Crippen LogP contribution in [0.15, 0.2) is 84.9 Å². The van der Waals surface area contributed by atoms with E-state index in [1.165, 1.54) is 0 Å². The zero-order chi connectivity index (χ0) is 20.5. The number of nitrogens with one attached hydrogen (secondary N) is 2. The quantitative estimate of drug-likeness (QED) is 0.640. The fourth-order valence-corrected chi connectivity index (χ4v) is 2.96. The summed E-state index contributed by atoms with van der Waals surface area (Å²) in [6.07, 6.45) is 0.429. The van der Waals surface area contributed by atoms with Crippen molar-refractivity contribution in [2.24, 2.45) is 0 Å². The number of carbonyl (C=O) groups excluding carboxylic acids is 2. The third-order valence-corrected chi connectivity index (χ3v) is 4.45. The van der Waals surface area contributed by atoms with E-state index in [0.29, 0.717) is 17.7 Å². The van der Waals surface area contributed by atoms with Gasteiger partial charge in [0.2, 0.25) is 5.91 Å². The summed E-state index contributed by atoms with van der Waals surface area (Å²) in [7, 11) is 0. The minimum absolute atomic E-state index is 0.0997. The molecule has 0 saturated heterocycles. The Morgan fingerprint density at radius 2 is 1.48 bits per heavy atom. The molecule has 5 nitrogen and oxygen atoms in total. The minimum atomic E-state index is -0.457. The van der Waals surface area contributed by atoms with Crippen molar-refractivity contribution in [3.63, 3.8) is 0 Å². The van der Waals surface area contributed by atoms with E-state index in [2.05, 4.69) is 16.7 Å². The molecule has 5 heteroatoms. The average Bonchev–Trinajstić information content (AvgIpc) is 2.76. The van der Waals surface area contributed by atoms with Gasteiger partial charge in [0.05, 0.1) is 25.0 Å². The molecule has 0 aliphatic rings. The fraction of sp³-hybridized carbons (Fsp3) is 0.125. The SMILES string of the molecule is N#CCc1ccc(NC(=O)C[C@H](NC(=O)c2ccccc2)c2ccccc2)cc1. The van der Waals surface area contributed by atoms with Gasteiger partial charge >= 0.3 is 0 Å². The summed E-state index contributed by atoms with van der Waals surface area (Å²) >= 11 is 0. The van der Waals surface area contributed by atoms with E-state index < -0.39 is 6.04 Å². The summed E-state index contributed by atoms with van der Waals surface area (Å²) in [5.74, 6) is -0.437.